The number of nitrogens with zero attached hydrogens (tertiary/aromatic N) is 3. The molecule has 1 heterocycles. The molecule has 6 heteroatoms. The predicted octanol–water partition coefficient (Wildman–Crippen LogP) is 3.03. The van der Waals surface area contributed by atoms with Crippen molar-refractivity contribution in [3.8, 4) is 0 Å². The first-order valence-electron chi connectivity index (χ1n) is 10.6. The minimum absolute atomic E-state index is 0.143. The van der Waals surface area contributed by atoms with Gasteiger partial charge in [-0.2, -0.15) is 0 Å². The molecule has 1 amide bonds. The Balaban J connectivity index is 1.50. The first-order valence-corrected chi connectivity index (χ1v) is 10.6. The van der Waals surface area contributed by atoms with Crippen LogP contribution in [0.4, 0.5) is 0 Å². The van der Waals surface area contributed by atoms with E-state index >= 15 is 0 Å². The van der Waals surface area contributed by atoms with E-state index in [1.807, 2.05) is 23.1 Å². The summed E-state index contributed by atoms with van der Waals surface area (Å²) in [5, 5.41) is 3.37. The fraction of sp³-hybridized carbons (Fsp3) is 0.417. The molecule has 0 radical (unpaired) electrons. The second-order valence-electron chi connectivity index (χ2n) is 7.46. The molecule has 0 unspecified atom stereocenters. The Labute approximate surface area is 179 Å². The van der Waals surface area contributed by atoms with Crippen LogP contribution in [0.3, 0.4) is 0 Å². The van der Waals surface area contributed by atoms with Gasteiger partial charge in [0, 0.05) is 39.6 Å². The number of rotatable bonds is 7. The maximum absolute atomic E-state index is 11.5. The normalized spacial score (nSPS) is 14.7. The Hall–Kier alpha value is -2.86. The molecule has 6 nitrogen and oxygen atoms in total. The summed E-state index contributed by atoms with van der Waals surface area (Å²) in [5.41, 5.74) is 3.51. The Morgan fingerprint density at radius 2 is 1.47 bits per heavy atom. The van der Waals surface area contributed by atoms with Crippen molar-refractivity contribution < 1.29 is 9.53 Å². The van der Waals surface area contributed by atoms with E-state index in [4.69, 9.17) is 9.73 Å². The Morgan fingerprint density at radius 1 is 0.900 bits per heavy atom. The van der Waals surface area contributed by atoms with Crippen LogP contribution in [-0.4, -0.2) is 54.4 Å². The molecule has 0 saturated carbocycles. The summed E-state index contributed by atoms with van der Waals surface area (Å²) in [6.07, 6.45) is 0. The number of benzene rings is 2. The fourth-order valence-corrected chi connectivity index (χ4v) is 3.43. The summed E-state index contributed by atoms with van der Waals surface area (Å²) in [6.45, 7) is 9.49. The van der Waals surface area contributed by atoms with Gasteiger partial charge in [-0.1, -0.05) is 54.6 Å². The molecule has 2 aromatic carbocycles. The van der Waals surface area contributed by atoms with Crippen LogP contribution in [0.1, 0.15) is 30.5 Å². The largest absolute Gasteiger partial charge is 0.372 e. The topological polar surface area (TPSA) is 57.2 Å². The zero-order valence-corrected chi connectivity index (χ0v) is 18.0. The van der Waals surface area contributed by atoms with E-state index in [0.717, 1.165) is 44.2 Å². The monoisotopic (exact) mass is 408 g/mol. The molecule has 1 saturated heterocycles. The zero-order chi connectivity index (χ0) is 21.2. The van der Waals surface area contributed by atoms with E-state index in [1.165, 1.54) is 11.1 Å². The van der Waals surface area contributed by atoms with E-state index in [0.29, 0.717) is 19.8 Å². The van der Waals surface area contributed by atoms with E-state index in [9.17, 15) is 4.79 Å². The van der Waals surface area contributed by atoms with Crippen LogP contribution in [0.2, 0.25) is 0 Å². The van der Waals surface area contributed by atoms with Crippen LogP contribution in [-0.2, 0) is 29.3 Å². The van der Waals surface area contributed by atoms with Crippen molar-refractivity contribution in [3.05, 3.63) is 71.3 Å². The molecule has 160 valence electrons. The van der Waals surface area contributed by atoms with Gasteiger partial charge in [-0.05, 0) is 23.6 Å². The quantitative estimate of drug-likeness (QED) is 0.565. The smallest absolute Gasteiger partial charge is 0.219 e. The molecule has 1 N–H and O–H groups in total. The fourth-order valence-electron chi connectivity index (χ4n) is 3.43. The number of amides is 1. The molecule has 0 spiro atoms. The molecule has 1 aliphatic rings. The van der Waals surface area contributed by atoms with E-state index in [1.54, 1.807) is 6.92 Å². The number of piperazine rings is 1. The average molecular weight is 409 g/mol. The van der Waals surface area contributed by atoms with Crippen LogP contribution >= 0.6 is 0 Å². The summed E-state index contributed by atoms with van der Waals surface area (Å²) in [5.74, 6) is 1.06. The summed E-state index contributed by atoms with van der Waals surface area (Å²) in [7, 11) is 0. The highest BCUT2D eigenvalue weighted by atomic mass is 16.5. The van der Waals surface area contributed by atoms with Gasteiger partial charge in [0.05, 0.1) is 19.8 Å². The predicted molar refractivity (Wildman–Crippen MR) is 120 cm³/mol. The van der Waals surface area contributed by atoms with Crippen molar-refractivity contribution in [2.75, 3.05) is 32.7 Å². The highest BCUT2D eigenvalue weighted by Crippen LogP contribution is 2.10. The summed E-state index contributed by atoms with van der Waals surface area (Å²) < 4.78 is 5.81. The zero-order valence-electron chi connectivity index (χ0n) is 18.0. The number of guanidine groups is 1. The van der Waals surface area contributed by atoms with Gasteiger partial charge in [-0.25, -0.2) is 4.99 Å². The van der Waals surface area contributed by atoms with Gasteiger partial charge in [-0.15, -0.1) is 0 Å². The lowest BCUT2D eigenvalue weighted by Crippen LogP contribution is -2.53. The molecule has 0 bridgehead atoms. The number of nitrogens with one attached hydrogen (secondary N) is 1. The molecular weight excluding hydrogens is 376 g/mol. The Bertz CT molecular complexity index is 813. The number of carbonyl (C=O) groups excluding carboxylic acids is 1. The molecule has 0 aromatic heterocycles. The highest BCUT2D eigenvalue weighted by molar-refractivity contribution is 5.80. The summed E-state index contributed by atoms with van der Waals surface area (Å²) in [4.78, 5) is 20.5. The van der Waals surface area contributed by atoms with Crippen molar-refractivity contribution in [2.45, 2.75) is 33.6 Å². The van der Waals surface area contributed by atoms with E-state index in [2.05, 4.69) is 53.5 Å². The first-order chi connectivity index (χ1) is 14.7. The van der Waals surface area contributed by atoms with Crippen molar-refractivity contribution >= 4 is 11.9 Å². The number of ether oxygens (including phenoxy) is 1. The number of aliphatic imine (C=N–C) groups is 1. The SMILES string of the molecule is CCNC(=NCc1ccc(COCc2ccccc2)cc1)N1CCN(C(C)=O)CC1. The average Bonchev–Trinajstić information content (AvgIpc) is 2.78. The molecule has 3 rings (SSSR count). The van der Waals surface area contributed by atoms with Crippen LogP contribution in [0, 0.1) is 0 Å². The summed E-state index contributed by atoms with van der Waals surface area (Å²) >= 11 is 0. The maximum Gasteiger partial charge on any atom is 0.219 e. The van der Waals surface area contributed by atoms with Gasteiger partial charge in [0.15, 0.2) is 5.96 Å². The number of carbonyl (C=O) groups is 1. The maximum atomic E-state index is 11.5. The molecule has 1 aliphatic heterocycles. The molecule has 30 heavy (non-hydrogen) atoms. The van der Waals surface area contributed by atoms with Gasteiger partial charge in [-0.3, -0.25) is 4.79 Å². The third-order valence-corrected chi connectivity index (χ3v) is 5.17. The molecular formula is C24H32N4O2. The van der Waals surface area contributed by atoms with Crippen LogP contribution in [0.15, 0.2) is 59.6 Å². The highest BCUT2D eigenvalue weighted by Gasteiger charge is 2.20. The van der Waals surface area contributed by atoms with E-state index < -0.39 is 0 Å². The molecule has 2 aromatic rings. The van der Waals surface area contributed by atoms with Crippen LogP contribution in [0.25, 0.3) is 0 Å². The molecule has 0 aliphatic carbocycles. The van der Waals surface area contributed by atoms with Crippen molar-refractivity contribution in [1.29, 1.82) is 0 Å². The lowest BCUT2D eigenvalue weighted by Gasteiger charge is -2.36. The summed E-state index contributed by atoms with van der Waals surface area (Å²) in [6, 6.07) is 18.6. The lowest BCUT2D eigenvalue weighted by atomic mass is 10.1. The first kappa shape index (κ1) is 21.8. The minimum Gasteiger partial charge on any atom is -0.372 e. The Morgan fingerprint density at radius 3 is 2.07 bits per heavy atom. The van der Waals surface area contributed by atoms with Gasteiger partial charge >= 0.3 is 0 Å². The number of hydrogen-bond acceptors (Lipinski definition) is 3. The van der Waals surface area contributed by atoms with Gasteiger partial charge in [0.25, 0.3) is 0 Å². The van der Waals surface area contributed by atoms with Crippen LogP contribution in [0.5, 0.6) is 0 Å². The third kappa shape index (κ3) is 6.59. The number of hydrogen-bond donors (Lipinski definition) is 1. The van der Waals surface area contributed by atoms with Crippen molar-refractivity contribution in [2.24, 2.45) is 4.99 Å². The van der Waals surface area contributed by atoms with E-state index in [-0.39, 0.29) is 5.91 Å². The second kappa shape index (κ2) is 11.4. The van der Waals surface area contributed by atoms with Gasteiger partial charge in [0.2, 0.25) is 5.91 Å². The van der Waals surface area contributed by atoms with Crippen LogP contribution < -0.4 is 5.32 Å². The standard InChI is InChI=1S/C24H32N4O2/c1-3-25-24(28-15-13-27(14-16-28)20(2)29)26-17-21-9-11-23(12-10-21)19-30-18-22-7-5-4-6-8-22/h4-12H,3,13-19H2,1-2H3,(H,25,26). The Kier molecular flexibility index (Phi) is 8.27. The van der Waals surface area contributed by atoms with Crippen molar-refractivity contribution in [3.63, 3.8) is 0 Å². The van der Waals surface area contributed by atoms with Gasteiger partial charge < -0.3 is 19.9 Å². The molecule has 0 atom stereocenters. The second-order valence-corrected chi connectivity index (χ2v) is 7.46. The minimum atomic E-state index is 0.143. The third-order valence-electron chi connectivity index (χ3n) is 5.17. The van der Waals surface area contributed by atoms with Crippen molar-refractivity contribution in [1.82, 2.24) is 15.1 Å². The van der Waals surface area contributed by atoms with Gasteiger partial charge in [0.1, 0.15) is 0 Å². The molecule has 1 fully saturated rings. The lowest BCUT2D eigenvalue weighted by molar-refractivity contribution is -0.130.